The fourth-order valence-corrected chi connectivity index (χ4v) is 5.81. The molecule has 0 radical (unpaired) electrons. The van der Waals surface area contributed by atoms with Crippen molar-refractivity contribution in [3.63, 3.8) is 0 Å². The molecule has 1 aromatic carbocycles. The average molecular weight is 366 g/mol. The number of hydrogen-bond donors (Lipinski definition) is 1. The first-order valence-corrected chi connectivity index (χ1v) is 10.3. The maximum Gasteiger partial charge on any atom is 0.407 e. The van der Waals surface area contributed by atoms with E-state index < -0.39 is 0 Å². The minimum atomic E-state index is -0.341. The van der Waals surface area contributed by atoms with Gasteiger partial charge in [-0.25, -0.2) is 4.79 Å². The van der Waals surface area contributed by atoms with Gasteiger partial charge in [0.15, 0.2) is 0 Å². The minimum absolute atomic E-state index is 0.0401. The largest absolute Gasteiger partial charge is 0.447 e. The van der Waals surface area contributed by atoms with Gasteiger partial charge in [0, 0.05) is 24.4 Å². The van der Waals surface area contributed by atoms with E-state index in [4.69, 9.17) is 4.74 Å². The molecule has 2 aliphatic heterocycles. The molecule has 1 spiro atoms. The number of alkyl carbamates (subject to hydrolysis) is 1. The smallest absolute Gasteiger partial charge is 0.407 e. The molecule has 0 bridgehead atoms. The number of rotatable bonds is 3. The zero-order valence-electron chi connectivity index (χ0n) is 15.8. The van der Waals surface area contributed by atoms with Crippen LogP contribution < -0.4 is 5.32 Å². The van der Waals surface area contributed by atoms with Gasteiger partial charge >= 0.3 is 6.09 Å². The standard InChI is InChI=1S/C22H26N2O3/c1-20(5-6-20)15-3-2-4-16(7-15)22-10-17(22)11-24(12-22)18(25)14-8-21(9-14)13-27-19(26)23-21/h2-4,7,14,17H,5-6,8-13H2,1H3,(H,23,26)/t14-,17?,21+,22?. The normalized spacial score (nSPS) is 40.2. The summed E-state index contributed by atoms with van der Waals surface area (Å²) in [6.07, 6.45) is 4.91. The van der Waals surface area contributed by atoms with E-state index in [9.17, 15) is 9.59 Å². The molecule has 1 aromatic rings. The SMILES string of the molecule is CC1(c2cccc(C34CC3CN(C(=O)[C@H]3C[C@]5(COC(=O)N5)C3)C4)c2)CC1. The Hall–Kier alpha value is -2.04. The molecule has 3 saturated carbocycles. The van der Waals surface area contributed by atoms with Crippen molar-refractivity contribution in [2.75, 3.05) is 19.7 Å². The number of ether oxygens (including phenoxy) is 1. The zero-order valence-corrected chi connectivity index (χ0v) is 15.8. The van der Waals surface area contributed by atoms with Crippen LogP contribution in [0.5, 0.6) is 0 Å². The molecule has 0 aromatic heterocycles. The third-order valence-corrected chi connectivity index (χ3v) is 8.06. The van der Waals surface area contributed by atoms with Crippen molar-refractivity contribution in [2.24, 2.45) is 11.8 Å². The van der Waals surface area contributed by atoms with Crippen molar-refractivity contribution >= 4 is 12.0 Å². The molecular weight excluding hydrogens is 340 g/mol. The molecular formula is C22H26N2O3. The number of likely N-dealkylation sites (tertiary alicyclic amines) is 1. The summed E-state index contributed by atoms with van der Waals surface area (Å²) in [5.74, 6) is 0.934. The molecule has 142 valence electrons. The number of cyclic esters (lactones) is 1. The second-order valence-corrected chi connectivity index (χ2v) is 10.0. The van der Waals surface area contributed by atoms with Gasteiger partial charge in [-0.15, -0.1) is 0 Å². The summed E-state index contributed by atoms with van der Waals surface area (Å²) in [7, 11) is 0. The Morgan fingerprint density at radius 2 is 2.00 bits per heavy atom. The first kappa shape index (κ1) is 16.0. The van der Waals surface area contributed by atoms with Gasteiger partial charge < -0.3 is 15.0 Å². The van der Waals surface area contributed by atoms with Crippen LogP contribution in [0.3, 0.4) is 0 Å². The molecule has 2 atom stereocenters. The highest BCUT2D eigenvalue weighted by Crippen LogP contribution is 2.60. The Morgan fingerprint density at radius 1 is 1.22 bits per heavy atom. The molecule has 2 unspecified atom stereocenters. The average Bonchev–Trinajstić information content (AvgIpc) is 3.47. The zero-order chi connectivity index (χ0) is 18.4. The molecule has 5 fully saturated rings. The summed E-state index contributed by atoms with van der Waals surface area (Å²) in [6, 6.07) is 9.17. The second kappa shape index (κ2) is 4.86. The van der Waals surface area contributed by atoms with Crippen molar-refractivity contribution in [1.82, 2.24) is 10.2 Å². The highest BCUT2D eigenvalue weighted by molar-refractivity contribution is 5.82. The quantitative estimate of drug-likeness (QED) is 0.895. The van der Waals surface area contributed by atoms with Crippen molar-refractivity contribution in [3.05, 3.63) is 35.4 Å². The summed E-state index contributed by atoms with van der Waals surface area (Å²) < 4.78 is 5.03. The number of nitrogens with zero attached hydrogens (tertiary/aromatic N) is 1. The summed E-state index contributed by atoms with van der Waals surface area (Å²) in [5.41, 5.74) is 3.23. The van der Waals surface area contributed by atoms with Crippen LogP contribution in [0.25, 0.3) is 0 Å². The van der Waals surface area contributed by atoms with E-state index in [2.05, 4.69) is 41.4 Å². The van der Waals surface area contributed by atoms with Gasteiger partial charge in [0.05, 0.1) is 5.54 Å². The van der Waals surface area contributed by atoms with Gasteiger partial charge in [0.2, 0.25) is 5.91 Å². The predicted octanol–water partition coefficient (Wildman–Crippen LogP) is 2.73. The van der Waals surface area contributed by atoms with E-state index in [1.54, 1.807) is 0 Å². The van der Waals surface area contributed by atoms with E-state index in [-0.39, 0.29) is 28.9 Å². The summed E-state index contributed by atoms with van der Waals surface area (Å²) in [5, 5.41) is 2.89. The van der Waals surface area contributed by atoms with Gasteiger partial charge in [-0.05, 0) is 54.6 Å². The van der Waals surface area contributed by atoms with E-state index in [0.29, 0.717) is 17.9 Å². The molecule has 2 amide bonds. The molecule has 3 aliphatic carbocycles. The van der Waals surface area contributed by atoms with Gasteiger partial charge in [-0.1, -0.05) is 31.2 Å². The molecule has 1 N–H and O–H groups in total. The van der Waals surface area contributed by atoms with Gasteiger partial charge in [-0.2, -0.15) is 0 Å². The number of carbonyl (C=O) groups excluding carboxylic acids is 2. The Morgan fingerprint density at radius 3 is 2.70 bits per heavy atom. The Bertz CT molecular complexity index is 855. The van der Waals surface area contributed by atoms with Crippen molar-refractivity contribution < 1.29 is 14.3 Å². The third-order valence-electron chi connectivity index (χ3n) is 8.06. The lowest BCUT2D eigenvalue weighted by atomic mass is 9.68. The molecule has 5 aliphatic rings. The molecule has 5 nitrogen and oxygen atoms in total. The lowest BCUT2D eigenvalue weighted by molar-refractivity contribution is -0.140. The monoisotopic (exact) mass is 366 g/mol. The van der Waals surface area contributed by atoms with E-state index in [1.165, 1.54) is 30.4 Å². The fraction of sp³-hybridized carbons (Fsp3) is 0.636. The first-order valence-electron chi connectivity index (χ1n) is 10.3. The van der Waals surface area contributed by atoms with E-state index in [1.807, 2.05) is 0 Å². The second-order valence-electron chi connectivity index (χ2n) is 10.0. The number of amides is 2. The first-order chi connectivity index (χ1) is 12.9. The van der Waals surface area contributed by atoms with Crippen LogP contribution in [0.2, 0.25) is 0 Å². The highest BCUT2D eigenvalue weighted by atomic mass is 16.6. The van der Waals surface area contributed by atoms with Crippen LogP contribution in [-0.4, -0.2) is 42.1 Å². The van der Waals surface area contributed by atoms with Crippen LogP contribution >= 0.6 is 0 Å². The number of carbonyl (C=O) groups is 2. The Balaban J connectivity index is 1.15. The minimum Gasteiger partial charge on any atom is -0.447 e. The summed E-state index contributed by atoms with van der Waals surface area (Å²) in [4.78, 5) is 26.4. The Kier molecular flexibility index (Phi) is 2.88. The maximum atomic E-state index is 13.0. The summed E-state index contributed by atoms with van der Waals surface area (Å²) in [6.45, 7) is 4.53. The summed E-state index contributed by atoms with van der Waals surface area (Å²) >= 11 is 0. The maximum absolute atomic E-state index is 13.0. The molecule has 27 heavy (non-hydrogen) atoms. The number of fused-ring (bicyclic) bond motifs is 1. The Labute approximate surface area is 159 Å². The highest BCUT2D eigenvalue weighted by Gasteiger charge is 2.63. The number of hydrogen-bond acceptors (Lipinski definition) is 3. The van der Waals surface area contributed by atoms with E-state index in [0.717, 1.165) is 25.9 Å². The topological polar surface area (TPSA) is 58.6 Å². The van der Waals surface area contributed by atoms with Crippen LogP contribution in [-0.2, 0) is 20.4 Å². The third kappa shape index (κ3) is 2.23. The van der Waals surface area contributed by atoms with Crippen molar-refractivity contribution in [3.8, 4) is 0 Å². The van der Waals surface area contributed by atoms with Gasteiger partial charge in [0.25, 0.3) is 0 Å². The van der Waals surface area contributed by atoms with Crippen LogP contribution in [0.15, 0.2) is 24.3 Å². The molecule has 5 heteroatoms. The van der Waals surface area contributed by atoms with Crippen molar-refractivity contribution in [2.45, 2.75) is 55.4 Å². The number of nitrogens with one attached hydrogen (secondary N) is 1. The molecule has 6 rings (SSSR count). The molecule has 2 saturated heterocycles. The molecule has 2 heterocycles. The lowest BCUT2D eigenvalue weighted by Gasteiger charge is -2.43. The lowest BCUT2D eigenvalue weighted by Crippen LogP contribution is -2.58. The van der Waals surface area contributed by atoms with Gasteiger partial charge in [-0.3, -0.25) is 4.79 Å². The van der Waals surface area contributed by atoms with Crippen LogP contribution in [0.4, 0.5) is 4.79 Å². The van der Waals surface area contributed by atoms with Crippen LogP contribution in [0.1, 0.15) is 50.2 Å². The van der Waals surface area contributed by atoms with Crippen LogP contribution in [0, 0.1) is 11.8 Å². The van der Waals surface area contributed by atoms with E-state index >= 15 is 0 Å². The van der Waals surface area contributed by atoms with Gasteiger partial charge in [0.1, 0.15) is 6.61 Å². The number of piperidine rings is 1. The number of benzene rings is 1. The predicted molar refractivity (Wildman–Crippen MR) is 99.3 cm³/mol. The van der Waals surface area contributed by atoms with Crippen molar-refractivity contribution in [1.29, 1.82) is 0 Å². The fourth-order valence-electron chi connectivity index (χ4n) is 5.81.